The van der Waals surface area contributed by atoms with Gasteiger partial charge in [-0.15, -0.1) is 0 Å². The molecule has 0 N–H and O–H groups in total. The second-order valence-electron chi connectivity index (χ2n) is 6.56. The molecular formula is C19H25NO7S2. The first kappa shape index (κ1) is 23.3. The molecule has 0 saturated carbocycles. The SMILES string of the molecule is COc1ccc(-c2ccc(CCC(CCOS(C)(=O)=O)OS(C)(=O)=O)cc2)cn1. The zero-order valence-corrected chi connectivity index (χ0v) is 18.2. The Kier molecular flexibility index (Phi) is 8.14. The van der Waals surface area contributed by atoms with E-state index >= 15 is 0 Å². The van der Waals surface area contributed by atoms with Gasteiger partial charge in [-0.1, -0.05) is 24.3 Å². The smallest absolute Gasteiger partial charge is 0.264 e. The molecule has 1 aromatic heterocycles. The molecule has 2 aromatic rings. The normalized spacial score (nSPS) is 13.2. The maximum atomic E-state index is 11.5. The largest absolute Gasteiger partial charge is 0.481 e. The van der Waals surface area contributed by atoms with Gasteiger partial charge >= 0.3 is 0 Å². The van der Waals surface area contributed by atoms with Gasteiger partial charge in [0, 0.05) is 17.8 Å². The third-order valence-corrected chi connectivity index (χ3v) is 5.25. The first-order chi connectivity index (χ1) is 13.6. The van der Waals surface area contributed by atoms with E-state index in [1.165, 1.54) is 0 Å². The minimum atomic E-state index is -3.66. The van der Waals surface area contributed by atoms with Crippen molar-refractivity contribution in [2.75, 3.05) is 26.2 Å². The summed E-state index contributed by atoms with van der Waals surface area (Å²) in [5, 5.41) is 0. The maximum absolute atomic E-state index is 11.5. The van der Waals surface area contributed by atoms with Crippen LogP contribution in [0.3, 0.4) is 0 Å². The third-order valence-electron chi connectivity index (χ3n) is 4.04. The molecule has 0 amide bonds. The summed E-state index contributed by atoms with van der Waals surface area (Å²) in [5.41, 5.74) is 2.95. The van der Waals surface area contributed by atoms with Crippen molar-refractivity contribution >= 4 is 20.2 Å². The second-order valence-corrected chi connectivity index (χ2v) is 9.81. The van der Waals surface area contributed by atoms with Crippen LogP contribution < -0.4 is 4.74 Å². The van der Waals surface area contributed by atoms with Crippen LogP contribution >= 0.6 is 0 Å². The Hall–Kier alpha value is -2.01. The molecule has 0 aliphatic rings. The lowest BCUT2D eigenvalue weighted by Gasteiger charge is -2.16. The summed E-state index contributed by atoms with van der Waals surface area (Å²) < 4.78 is 59.9. The highest BCUT2D eigenvalue weighted by atomic mass is 32.2. The van der Waals surface area contributed by atoms with Gasteiger partial charge < -0.3 is 4.74 Å². The van der Waals surface area contributed by atoms with Crippen molar-refractivity contribution in [2.24, 2.45) is 0 Å². The zero-order chi connectivity index (χ0) is 21.5. The molecule has 0 saturated heterocycles. The topological polar surface area (TPSA) is 109 Å². The van der Waals surface area contributed by atoms with Gasteiger partial charge in [0.15, 0.2) is 0 Å². The van der Waals surface area contributed by atoms with Gasteiger partial charge in [0.1, 0.15) is 0 Å². The zero-order valence-electron chi connectivity index (χ0n) is 16.6. The number of ether oxygens (including phenoxy) is 1. The fourth-order valence-electron chi connectivity index (χ4n) is 2.68. The predicted octanol–water partition coefficient (Wildman–Crippen LogP) is 2.40. The lowest BCUT2D eigenvalue weighted by Crippen LogP contribution is -2.21. The number of nitrogens with zero attached hydrogens (tertiary/aromatic N) is 1. The van der Waals surface area contributed by atoms with Crippen LogP contribution in [0.5, 0.6) is 5.88 Å². The average molecular weight is 444 g/mol. The highest BCUT2D eigenvalue weighted by Crippen LogP contribution is 2.22. The Morgan fingerprint density at radius 1 is 0.897 bits per heavy atom. The molecule has 1 heterocycles. The van der Waals surface area contributed by atoms with Gasteiger partial charge in [0.05, 0.1) is 32.3 Å². The molecular weight excluding hydrogens is 418 g/mol. The Morgan fingerprint density at radius 3 is 2.07 bits per heavy atom. The number of benzene rings is 1. The van der Waals surface area contributed by atoms with E-state index in [0.29, 0.717) is 18.7 Å². The van der Waals surface area contributed by atoms with Crippen molar-refractivity contribution in [1.82, 2.24) is 4.98 Å². The predicted molar refractivity (Wildman–Crippen MR) is 110 cm³/mol. The van der Waals surface area contributed by atoms with Crippen LogP contribution in [0.1, 0.15) is 18.4 Å². The van der Waals surface area contributed by atoms with Crippen molar-refractivity contribution in [3.05, 3.63) is 48.2 Å². The van der Waals surface area contributed by atoms with Crippen molar-refractivity contribution in [2.45, 2.75) is 25.4 Å². The van der Waals surface area contributed by atoms with Gasteiger partial charge in [0.2, 0.25) is 5.88 Å². The van der Waals surface area contributed by atoms with Crippen LogP contribution in [0.2, 0.25) is 0 Å². The molecule has 0 spiro atoms. The first-order valence-corrected chi connectivity index (χ1v) is 12.5. The van der Waals surface area contributed by atoms with Crippen LogP contribution in [0.25, 0.3) is 11.1 Å². The molecule has 1 atom stereocenters. The molecule has 2 rings (SSSR count). The molecule has 0 radical (unpaired) electrons. The lowest BCUT2D eigenvalue weighted by atomic mass is 10.0. The summed E-state index contributed by atoms with van der Waals surface area (Å²) in [4.78, 5) is 4.19. The summed E-state index contributed by atoms with van der Waals surface area (Å²) in [6.07, 6.45) is 4.09. The minimum absolute atomic E-state index is 0.136. The van der Waals surface area contributed by atoms with E-state index in [1.807, 2.05) is 30.3 Å². The monoisotopic (exact) mass is 443 g/mol. The molecule has 8 nitrogen and oxygen atoms in total. The maximum Gasteiger partial charge on any atom is 0.264 e. The summed E-state index contributed by atoms with van der Waals surface area (Å²) in [7, 11) is -5.69. The summed E-state index contributed by atoms with van der Waals surface area (Å²) in [6.45, 7) is -0.136. The van der Waals surface area contributed by atoms with Gasteiger partial charge in [0.25, 0.3) is 20.2 Å². The summed E-state index contributed by atoms with van der Waals surface area (Å²) in [6, 6.07) is 11.5. The van der Waals surface area contributed by atoms with E-state index in [0.717, 1.165) is 29.2 Å². The number of aryl methyl sites for hydroxylation is 1. The van der Waals surface area contributed by atoms with E-state index in [-0.39, 0.29) is 13.0 Å². The Bertz CT molecular complexity index is 986. The number of rotatable bonds is 11. The van der Waals surface area contributed by atoms with E-state index in [9.17, 15) is 16.8 Å². The third kappa shape index (κ3) is 8.90. The second kappa shape index (κ2) is 10.1. The standard InChI is InChI=1S/C19H25NO7S2/c1-25-19-11-9-17(14-20-19)16-7-4-15(5-8-16)6-10-18(27-29(3,23)24)12-13-26-28(2,21)22/h4-5,7-9,11,14,18H,6,10,12-13H2,1-3H3. The van der Waals surface area contributed by atoms with Crippen molar-refractivity contribution in [1.29, 1.82) is 0 Å². The molecule has 0 bridgehead atoms. The fraction of sp³-hybridized carbons (Fsp3) is 0.421. The molecule has 10 heteroatoms. The van der Waals surface area contributed by atoms with Gasteiger partial charge in [-0.3, -0.25) is 8.37 Å². The van der Waals surface area contributed by atoms with E-state index in [1.54, 1.807) is 19.4 Å². The summed E-state index contributed by atoms with van der Waals surface area (Å²) >= 11 is 0. The lowest BCUT2D eigenvalue weighted by molar-refractivity contribution is 0.163. The van der Waals surface area contributed by atoms with Crippen LogP contribution in [-0.2, 0) is 35.0 Å². The molecule has 1 aromatic carbocycles. The highest BCUT2D eigenvalue weighted by Gasteiger charge is 2.17. The minimum Gasteiger partial charge on any atom is -0.481 e. The fourth-order valence-corrected chi connectivity index (χ4v) is 3.77. The summed E-state index contributed by atoms with van der Waals surface area (Å²) in [5.74, 6) is 0.544. The number of aromatic nitrogens is 1. The molecule has 160 valence electrons. The Morgan fingerprint density at radius 2 is 1.55 bits per heavy atom. The quantitative estimate of drug-likeness (QED) is 0.487. The van der Waals surface area contributed by atoms with Crippen LogP contribution in [0.4, 0.5) is 0 Å². The highest BCUT2D eigenvalue weighted by molar-refractivity contribution is 7.86. The Labute approximate surface area is 172 Å². The molecule has 1 unspecified atom stereocenters. The first-order valence-electron chi connectivity index (χ1n) is 8.88. The molecule has 29 heavy (non-hydrogen) atoms. The van der Waals surface area contributed by atoms with E-state index in [2.05, 4.69) is 4.98 Å². The molecule has 0 fully saturated rings. The number of hydrogen-bond acceptors (Lipinski definition) is 8. The van der Waals surface area contributed by atoms with Gasteiger partial charge in [-0.05, 0) is 36.5 Å². The van der Waals surface area contributed by atoms with E-state index in [4.69, 9.17) is 13.1 Å². The molecule has 0 aliphatic carbocycles. The van der Waals surface area contributed by atoms with E-state index < -0.39 is 26.3 Å². The van der Waals surface area contributed by atoms with Crippen molar-refractivity contribution < 1.29 is 29.9 Å². The number of pyridine rings is 1. The number of methoxy groups -OCH3 is 1. The van der Waals surface area contributed by atoms with Crippen molar-refractivity contribution in [3.63, 3.8) is 0 Å². The van der Waals surface area contributed by atoms with Gasteiger partial charge in [-0.25, -0.2) is 4.98 Å². The molecule has 0 aliphatic heterocycles. The van der Waals surface area contributed by atoms with Crippen LogP contribution in [0, 0.1) is 0 Å². The average Bonchev–Trinajstić information content (AvgIpc) is 2.64. The number of hydrogen-bond donors (Lipinski definition) is 0. The van der Waals surface area contributed by atoms with Crippen LogP contribution in [-0.4, -0.2) is 54.2 Å². The van der Waals surface area contributed by atoms with Crippen LogP contribution in [0.15, 0.2) is 42.6 Å². The van der Waals surface area contributed by atoms with Crippen molar-refractivity contribution in [3.8, 4) is 17.0 Å². The Balaban J connectivity index is 1.98. The van der Waals surface area contributed by atoms with Gasteiger partial charge in [-0.2, -0.15) is 16.8 Å².